The molecule has 6 heteroatoms. The standard InChI is InChI=1S/C10H19N3O2.ClH/c1-8(11)13-7-5-3-4-6-10(2,12)9(14)15;/h3,5H,4,6-7,12H2,1-2H3,(H2,11,13)(H,14,15);1H/b5-3-;/t10-;/m0./s1. The number of nitrogens with one attached hydrogen (secondary N) is 2. The monoisotopic (exact) mass is 249 g/mol. The van der Waals surface area contributed by atoms with Crippen molar-refractivity contribution in [2.75, 3.05) is 6.54 Å². The van der Waals surface area contributed by atoms with Gasteiger partial charge in [-0.15, -0.1) is 12.4 Å². The number of halogens is 1. The van der Waals surface area contributed by atoms with Gasteiger partial charge in [-0.05, 0) is 26.7 Å². The van der Waals surface area contributed by atoms with Crippen molar-refractivity contribution in [1.29, 1.82) is 5.41 Å². The van der Waals surface area contributed by atoms with Gasteiger partial charge in [0.15, 0.2) is 0 Å². The molecule has 5 nitrogen and oxygen atoms in total. The lowest BCUT2D eigenvalue weighted by molar-refractivity contribution is -0.142. The van der Waals surface area contributed by atoms with Crippen LogP contribution in [0.3, 0.4) is 0 Å². The zero-order valence-corrected chi connectivity index (χ0v) is 10.4. The number of hydrogen-bond donors (Lipinski definition) is 4. The number of aliphatic carboxylic acids is 1. The van der Waals surface area contributed by atoms with Gasteiger partial charge in [0.1, 0.15) is 5.54 Å². The maximum Gasteiger partial charge on any atom is 0.323 e. The number of carbonyl (C=O) groups is 1. The summed E-state index contributed by atoms with van der Waals surface area (Å²) in [5.74, 6) is -0.571. The highest BCUT2D eigenvalue weighted by Crippen LogP contribution is 2.08. The predicted molar refractivity (Wildman–Crippen MR) is 67.3 cm³/mol. The number of hydrogen-bond acceptors (Lipinski definition) is 3. The Morgan fingerprint density at radius 1 is 1.56 bits per heavy atom. The fraction of sp³-hybridized carbons (Fsp3) is 0.600. The van der Waals surface area contributed by atoms with Crippen molar-refractivity contribution in [1.82, 2.24) is 5.32 Å². The number of amidine groups is 1. The minimum atomic E-state index is -1.16. The molecule has 16 heavy (non-hydrogen) atoms. The van der Waals surface area contributed by atoms with Crippen molar-refractivity contribution in [2.24, 2.45) is 5.73 Å². The molecule has 0 bridgehead atoms. The molecule has 0 rings (SSSR count). The third kappa shape index (κ3) is 8.26. The SMILES string of the molecule is CC(=N)NC/C=C\CC[C@](C)(N)C(=O)O.Cl. The van der Waals surface area contributed by atoms with Crippen LogP contribution in [0.5, 0.6) is 0 Å². The van der Waals surface area contributed by atoms with Gasteiger partial charge in [-0.2, -0.15) is 0 Å². The Bertz CT molecular complexity index is 265. The molecule has 0 unspecified atom stereocenters. The molecule has 0 aromatic rings. The van der Waals surface area contributed by atoms with E-state index < -0.39 is 11.5 Å². The average molecular weight is 250 g/mol. The van der Waals surface area contributed by atoms with Gasteiger partial charge < -0.3 is 16.2 Å². The zero-order valence-electron chi connectivity index (χ0n) is 9.62. The average Bonchev–Trinajstić information content (AvgIpc) is 2.10. The molecule has 0 aliphatic carbocycles. The van der Waals surface area contributed by atoms with E-state index in [1.54, 1.807) is 6.92 Å². The first-order chi connectivity index (χ1) is 6.86. The van der Waals surface area contributed by atoms with Gasteiger partial charge in [-0.1, -0.05) is 12.2 Å². The number of rotatable bonds is 6. The molecule has 5 N–H and O–H groups in total. The molecule has 0 heterocycles. The lowest BCUT2D eigenvalue weighted by Gasteiger charge is -2.17. The highest BCUT2D eigenvalue weighted by molar-refractivity contribution is 5.85. The van der Waals surface area contributed by atoms with Crippen molar-refractivity contribution < 1.29 is 9.90 Å². The van der Waals surface area contributed by atoms with Crippen LogP contribution in [0, 0.1) is 5.41 Å². The van der Waals surface area contributed by atoms with E-state index in [9.17, 15) is 4.79 Å². The van der Waals surface area contributed by atoms with Gasteiger partial charge in [0.25, 0.3) is 0 Å². The molecular formula is C10H20ClN3O2. The topological polar surface area (TPSA) is 99.2 Å². The summed E-state index contributed by atoms with van der Waals surface area (Å²) in [6.07, 6.45) is 4.75. The second-order valence-electron chi connectivity index (χ2n) is 3.74. The van der Waals surface area contributed by atoms with Crippen LogP contribution in [0.2, 0.25) is 0 Å². The normalized spacial score (nSPS) is 13.9. The molecule has 0 aromatic carbocycles. The second kappa shape index (κ2) is 8.13. The van der Waals surface area contributed by atoms with Gasteiger partial charge >= 0.3 is 5.97 Å². The summed E-state index contributed by atoms with van der Waals surface area (Å²) in [5.41, 5.74) is 4.38. The molecule has 1 atom stereocenters. The summed E-state index contributed by atoms with van der Waals surface area (Å²) < 4.78 is 0. The first kappa shape index (κ1) is 17.3. The quantitative estimate of drug-likeness (QED) is 0.322. The summed E-state index contributed by atoms with van der Waals surface area (Å²) in [7, 11) is 0. The number of carboxylic acid groups (broad SMARTS) is 1. The van der Waals surface area contributed by atoms with Crippen LogP contribution in [-0.2, 0) is 4.79 Å². The van der Waals surface area contributed by atoms with E-state index in [1.165, 1.54) is 6.92 Å². The molecular weight excluding hydrogens is 230 g/mol. The minimum absolute atomic E-state index is 0. The summed E-state index contributed by atoms with van der Waals surface area (Å²) in [4.78, 5) is 10.6. The summed E-state index contributed by atoms with van der Waals surface area (Å²) >= 11 is 0. The second-order valence-corrected chi connectivity index (χ2v) is 3.74. The van der Waals surface area contributed by atoms with Crippen LogP contribution >= 0.6 is 12.4 Å². The first-order valence-corrected chi connectivity index (χ1v) is 4.82. The van der Waals surface area contributed by atoms with Gasteiger partial charge in [0, 0.05) is 6.54 Å². The molecule has 0 aromatic heterocycles. The van der Waals surface area contributed by atoms with Crippen LogP contribution in [0.15, 0.2) is 12.2 Å². The number of allylic oxidation sites excluding steroid dienone is 1. The molecule has 0 saturated heterocycles. The Morgan fingerprint density at radius 3 is 2.56 bits per heavy atom. The first-order valence-electron chi connectivity index (χ1n) is 4.82. The van der Waals surface area contributed by atoms with Crippen molar-refractivity contribution in [2.45, 2.75) is 32.2 Å². The molecule has 0 fully saturated rings. The fourth-order valence-electron chi connectivity index (χ4n) is 0.903. The maximum atomic E-state index is 10.6. The maximum absolute atomic E-state index is 10.6. The Morgan fingerprint density at radius 2 is 2.12 bits per heavy atom. The van der Waals surface area contributed by atoms with Gasteiger partial charge in [-0.3, -0.25) is 10.2 Å². The van der Waals surface area contributed by atoms with Gasteiger partial charge in [-0.25, -0.2) is 0 Å². The molecule has 0 saturated carbocycles. The molecule has 0 spiro atoms. The van der Waals surface area contributed by atoms with Crippen molar-refractivity contribution in [3.63, 3.8) is 0 Å². The summed E-state index contributed by atoms with van der Waals surface area (Å²) in [6, 6.07) is 0. The van der Waals surface area contributed by atoms with E-state index in [1.807, 2.05) is 12.2 Å². The summed E-state index contributed by atoms with van der Waals surface area (Å²) in [6.45, 7) is 3.75. The Labute approximate surface area is 102 Å². The lowest BCUT2D eigenvalue weighted by atomic mass is 9.97. The van der Waals surface area contributed by atoms with Crippen LogP contribution < -0.4 is 11.1 Å². The van der Waals surface area contributed by atoms with E-state index in [4.69, 9.17) is 16.2 Å². The van der Waals surface area contributed by atoms with Crippen LogP contribution in [0.4, 0.5) is 0 Å². The van der Waals surface area contributed by atoms with E-state index >= 15 is 0 Å². The summed E-state index contributed by atoms with van der Waals surface area (Å²) in [5, 5.41) is 18.6. The fourth-order valence-corrected chi connectivity index (χ4v) is 0.903. The van der Waals surface area contributed by atoms with Crippen molar-refractivity contribution in [3.05, 3.63) is 12.2 Å². The number of carboxylic acids is 1. The highest BCUT2D eigenvalue weighted by atomic mass is 35.5. The zero-order chi connectivity index (χ0) is 11.9. The van der Waals surface area contributed by atoms with E-state index in [0.717, 1.165) is 0 Å². The van der Waals surface area contributed by atoms with Gasteiger partial charge in [0.2, 0.25) is 0 Å². The third-order valence-electron chi connectivity index (χ3n) is 1.97. The highest BCUT2D eigenvalue weighted by Gasteiger charge is 2.26. The largest absolute Gasteiger partial charge is 0.480 e. The molecule has 0 aliphatic heterocycles. The molecule has 0 radical (unpaired) electrons. The molecule has 0 amide bonds. The Kier molecular flexibility index (Phi) is 8.80. The van der Waals surface area contributed by atoms with E-state index in [-0.39, 0.29) is 12.4 Å². The number of nitrogens with two attached hydrogens (primary N) is 1. The lowest BCUT2D eigenvalue weighted by Crippen LogP contribution is -2.44. The molecule has 94 valence electrons. The van der Waals surface area contributed by atoms with Crippen molar-refractivity contribution in [3.8, 4) is 0 Å². The van der Waals surface area contributed by atoms with Crippen LogP contribution in [-0.4, -0.2) is 29.0 Å². The van der Waals surface area contributed by atoms with E-state index in [0.29, 0.717) is 25.2 Å². The third-order valence-corrected chi connectivity index (χ3v) is 1.97. The molecule has 0 aliphatic rings. The predicted octanol–water partition coefficient (Wildman–Crippen LogP) is 1.13. The van der Waals surface area contributed by atoms with Gasteiger partial charge in [0.05, 0.1) is 5.84 Å². The Balaban J connectivity index is 0. The van der Waals surface area contributed by atoms with Crippen molar-refractivity contribution >= 4 is 24.2 Å². The van der Waals surface area contributed by atoms with Crippen LogP contribution in [0.25, 0.3) is 0 Å². The van der Waals surface area contributed by atoms with E-state index in [2.05, 4.69) is 5.32 Å². The Hall–Kier alpha value is -1.07. The smallest absolute Gasteiger partial charge is 0.323 e. The van der Waals surface area contributed by atoms with Crippen LogP contribution in [0.1, 0.15) is 26.7 Å². The minimum Gasteiger partial charge on any atom is -0.480 e.